The van der Waals surface area contributed by atoms with Crippen molar-refractivity contribution >= 4 is 33.1 Å². The van der Waals surface area contributed by atoms with Gasteiger partial charge in [0.25, 0.3) is 11.6 Å². The minimum absolute atomic E-state index is 0.237. The Balaban J connectivity index is 2.11. The number of esters is 1. The number of nitrogens with one attached hydrogen (secondary N) is 1. The van der Waals surface area contributed by atoms with Crippen LogP contribution in [0.3, 0.4) is 0 Å². The number of carbonyl (C=O) groups excluding carboxylic acids is 2. The quantitative estimate of drug-likeness (QED) is 0.442. The monoisotopic (exact) mass is 406 g/mol. The average molecular weight is 406 g/mol. The Morgan fingerprint density at radius 1 is 1.18 bits per heavy atom. The first-order valence-corrected chi connectivity index (χ1v) is 9.91. The third-order valence-corrected chi connectivity index (χ3v) is 5.15. The molecular formula is C18H18N2O7S. The Morgan fingerprint density at radius 3 is 2.46 bits per heavy atom. The lowest BCUT2D eigenvalue weighted by Gasteiger charge is -2.10. The van der Waals surface area contributed by atoms with Gasteiger partial charge in [0.2, 0.25) is 0 Å². The van der Waals surface area contributed by atoms with Gasteiger partial charge >= 0.3 is 5.97 Å². The molecule has 148 valence electrons. The minimum Gasteiger partial charge on any atom is -0.452 e. The Hall–Kier alpha value is -3.27. The first kappa shape index (κ1) is 21.0. The number of sulfone groups is 1. The third-order valence-electron chi connectivity index (χ3n) is 4.00. The van der Waals surface area contributed by atoms with Gasteiger partial charge in [-0.15, -0.1) is 0 Å². The largest absolute Gasteiger partial charge is 0.452 e. The molecule has 9 nitrogen and oxygen atoms in total. The second kappa shape index (κ2) is 8.17. The van der Waals surface area contributed by atoms with Crippen LogP contribution in [0.5, 0.6) is 0 Å². The summed E-state index contributed by atoms with van der Waals surface area (Å²) in [6.07, 6.45) is 0.824. The van der Waals surface area contributed by atoms with Crippen LogP contribution in [0, 0.1) is 24.0 Å². The number of nitro benzene ring substituents is 1. The van der Waals surface area contributed by atoms with Crippen molar-refractivity contribution in [3.8, 4) is 0 Å². The van der Waals surface area contributed by atoms with Gasteiger partial charge in [-0.05, 0) is 43.2 Å². The van der Waals surface area contributed by atoms with Gasteiger partial charge in [0.05, 0.1) is 10.5 Å². The van der Waals surface area contributed by atoms with E-state index in [0.29, 0.717) is 5.69 Å². The van der Waals surface area contributed by atoms with Crippen molar-refractivity contribution in [1.29, 1.82) is 0 Å². The molecule has 0 fully saturated rings. The molecule has 0 heterocycles. The van der Waals surface area contributed by atoms with E-state index in [2.05, 4.69) is 5.32 Å². The van der Waals surface area contributed by atoms with Gasteiger partial charge in [-0.25, -0.2) is 13.2 Å². The van der Waals surface area contributed by atoms with Crippen molar-refractivity contribution in [3.05, 3.63) is 63.2 Å². The summed E-state index contributed by atoms with van der Waals surface area (Å²) in [6, 6.07) is 8.22. The maximum absolute atomic E-state index is 12.1. The molecule has 2 rings (SSSR count). The molecule has 0 saturated carbocycles. The van der Waals surface area contributed by atoms with Crippen LogP contribution in [0.4, 0.5) is 11.4 Å². The molecule has 1 amide bonds. The van der Waals surface area contributed by atoms with E-state index in [1.54, 1.807) is 12.1 Å². The molecule has 0 saturated heterocycles. The molecule has 2 aromatic carbocycles. The molecule has 2 aromatic rings. The van der Waals surface area contributed by atoms with Crippen molar-refractivity contribution in [2.24, 2.45) is 0 Å². The lowest BCUT2D eigenvalue weighted by molar-refractivity contribution is -0.387. The highest BCUT2D eigenvalue weighted by atomic mass is 32.2. The van der Waals surface area contributed by atoms with Crippen molar-refractivity contribution in [3.63, 3.8) is 0 Å². The van der Waals surface area contributed by atoms with Gasteiger partial charge in [-0.2, -0.15) is 0 Å². The number of rotatable bonds is 6. The van der Waals surface area contributed by atoms with Crippen LogP contribution in [0.25, 0.3) is 0 Å². The Labute approximate surface area is 161 Å². The molecule has 0 aliphatic carbocycles. The molecule has 0 radical (unpaired) electrons. The van der Waals surface area contributed by atoms with Crippen LogP contribution in [-0.2, 0) is 19.4 Å². The fraction of sp³-hybridized carbons (Fsp3) is 0.222. The van der Waals surface area contributed by atoms with E-state index in [9.17, 15) is 28.1 Å². The second-order valence-corrected chi connectivity index (χ2v) is 8.07. The van der Waals surface area contributed by atoms with Gasteiger partial charge in [0.1, 0.15) is 4.90 Å². The fourth-order valence-electron chi connectivity index (χ4n) is 2.39. The van der Waals surface area contributed by atoms with E-state index in [1.165, 1.54) is 0 Å². The van der Waals surface area contributed by atoms with Crippen molar-refractivity contribution in [2.45, 2.75) is 18.7 Å². The third kappa shape index (κ3) is 4.92. The first-order chi connectivity index (χ1) is 13.0. The van der Waals surface area contributed by atoms with Crippen LogP contribution in [-0.4, -0.2) is 38.1 Å². The van der Waals surface area contributed by atoms with E-state index in [-0.39, 0.29) is 5.56 Å². The zero-order chi connectivity index (χ0) is 21.1. The van der Waals surface area contributed by atoms with E-state index in [0.717, 1.165) is 35.6 Å². The van der Waals surface area contributed by atoms with Crippen molar-refractivity contribution in [1.82, 2.24) is 0 Å². The molecule has 0 spiro atoms. The van der Waals surface area contributed by atoms with Crippen molar-refractivity contribution < 1.29 is 27.7 Å². The molecule has 0 unspecified atom stereocenters. The number of ether oxygens (including phenoxy) is 1. The van der Waals surface area contributed by atoms with E-state index in [1.807, 2.05) is 19.9 Å². The Morgan fingerprint density at radius 2 is 1.86 bits per heavy atom. The SMILES string of the molecule is Cc1cccc(NC(=O)COC(=O)c2ccc(S(C)(=O)=O)c([N+](=O)[O-])c2)c1C. The summed E-state index contributed by atoms with van der Waals surface area (Å²) in [5.41, 5.74) is 1.45. The highest BCUT2D eigenvalue weighted by Gasteiger charge is 2.24. The molecule has 1 N–H and O–H groups in total. The van der Waals surface area contributed by atoms with Crippen molar-refractivity contribution in [2.75, 3.05) is 18.2 Å². The molecule has 0 atom stereocenters. The van der Waals surface area contributed by atoms with Crippen LogP contribution in [0.2, 0.25) is 0 Å². The number of anilines is 1. The lowest BCUT2D eigenvalue weighted by atomic mass is 10.1. The summed E-state index contributed by atoms with van der Waals surface area (Å²) in [4.78, 5) is 33.8. The van der Waals surface area contributed by atoms with Crippen LogP contribution in [0.1, 0.15) is 21.5 Å². The molecule has 0 aliphatic heterocycles. The highest BCUT2D eigenvalue weighted by molar-refractivity contribution is 7.90. The Kier molecular flexibility index (Phi) is 6.14. The van der Waals surface area contributed by atoms with Crippen LogP contribution >= 0.6 is 0 Å². The predicted molar refractivity (Wildman–Crippen MR) is 101 cm³/mol. The fourth-order valence-corrected chi connectivity index (χ4v) is 3.22. The number of benzene rings is 2. The van der Waals surface area contributed by atoms with E-state index in [4.69, 9.17) is 4.74 Å². The normalized spacial score (nSPS) is 11.0. The minimum atomic E-state index is -3.85. The zero-order valence-corrected chi connectivity index (χ0v) is 16.2. The molecule has 0 aromatic heterocycles. The summed E-state index contributed by atoms with van der Waals surface area (Å²) < 4.78 is 28.1. The van der Waals surface area contributed by atoms with Crippen LogP contribution in [0.15, 0.2) is 41.3 Å². The van der Waals surface area contributed by atoms with Gasteiger partial charge in [0, 0.05) is 18.0 Å². The maximum Gasteiger partial charge on any atom is 0.338 e. The molecule has 10 heteroatoms. The maximum atomic E-state index is 12.1. The number of hydrogen-bond acceptors (Lipinski definition) is 7. The number of nitrogens with zero attached hydrogens (tertiary/aromatic N) is 1. The molecular weight excluding hydrogens is 388 g/mol. The van der Waals surface area contributed by atoms with Crippen LogP contribution < -0.4 is 5.32 Å². The number of aryl methyl sites for hydroxylation is 1. The molecule has 28 heavy (non-hydrogen) atoms. The smallest absolute Gasteiger partial charge is 0.338 e. The second-order valence-electron chi connectivity index (χ2n) is 6.08. The van der Waals surface area contributed by atoms with E-state index < -0.39 is 43.8 Å². The molecule has 0 aliphatic rings. The number of amides is 1. The highest BCUT2D eigenvalue weighted by Crippen LogP contribution is 2.25. The summed E-state index contributed by atoms with van der Waals surface area (Å²) in [6.45, 7) is 3.12. The molecule has 0 bridgehead atoms. The van der Waals surface area contributed by atoms with Gasteiger partial charge in [-0.3, -0.25) is 14.9 Å². The summed E-state index contributed by atoms with van der Waals surface area (Å²) in [5, 5.41) is 13.7. The summed E-state index contributed by atoms with van der Waals surface area (Å²) in [5.74, 6) is -1.57. The topological polar surface area (TPSA) is 133 Å². The lowest BCUT2D eigenvalue weighted by Crippen LogP contribution is -2.21. The number of nitro groups is 1. The zero-order valence-electron chi connectivity index (χ0n) is 15.4. The van der Waals surface area contributed by atoms with Gasteiger partial charge < -0.3 is 10.1 Å². The Bertz CT molecular complexity index is 1060. The van der Waals surface area contributed by atoms with Gasteiger partial charge in [0.15, 0.2) is 16.4 Å². The number of hydrogen-bond donors (Lipinski definition) is 1. The summed E-state index contributed by atoms with van der Waals surface area (Å²) in [7, 11) is -3.85. The van der Waals surface area contributed by atoms with E-state index >= 15 is 0 Å². The predicted octanol–water partition coefficient (Wildman–Crippen LogP) is 2.41. The van der Waals surface area contributed by atoms with Gasteiger partial charge in [-0.1, -0.05) is 12.1 Å². The standard InChI is InChI=1S/C18H18N2O7S/c1-11-5-4-6-14(12(11)2)19-17(21)10-27-18(22)13-7-8-16(28(3,25)26)15(9-13)20(23)24/h4-9H,10H2,1-3H3,(H,19,21). The first-order valence-electron chi connectivity index (χ1n) is 8.02. The summed E-state index contributed by atoms with van der Waals surface area (Å²) >= 11 is 0. The number of carbonyl (C=O) groups is 2. The average Bonchev–Trinajstić information content (AvgIpc) is 2.62.